The summed E-state index contributed by atoms with van der Waals surface area (Å²) in [6.45, 7) is 4.59. The lowest BCUT2D eigenvalue weighted by molar-refractivity contribution is 0.196. The standard InChI is InChI=1S/C20H23ClN4O/c21-16-7-2-1-6-15(16)18-14-24(13-10-22-18)11-5-12-25-19-9-4-3-8-17(19)23-20(25)26/h1-4,6-9,18,22H,5,10-14H2,(H,23,26). The van der Waals surface area contributed by atoms with Crippen molar-refractivity contribution in [1.29, 1.82) is 0 Å². The molecule has 1 unspecified atom stereocenters. The highest BCUT2D eigenvalue weighted by Gasteiger charge is 2.22. The van der Waals surface area contributed by atoms with E-state index in [1.807, 2.05) is 47.0 Å². The third kappa shape index (κ3) is 3.56. The number of aromatic amines is 1. The highest BCUT2D eigenvalue weighted by molar-refractivity contribution is 6.31. The summed E-state index contributed by atoms with van der Waals surface area (Å²) in [6.07, 6.45) is 0.941. The van der Waals surface area contributed by atoms with Crippen LogP contribution in [0, 0.1) is 0 Å². The number of aryl methyl sites for hydroxylation is 1. The van der Waals surface area contributed by atoms with Crippen LogP contribution in [0.5, 0.6) is 0 Å². The molecule has 0 aliphatic carbocycles. The molecule has 1 fully saturated rings. The van der Waals surface area contributed by atoms with Gasteiger partial charge in [0.15, 0.2) is 0 Å². The van der Waals surface area contributed by atoms with Crippen molar-refractivity contribution in [3.8, 4) is 0 Å². The second kappa shape index (κ2) is 7.66. The summed E-state index contributed by atoms with van der Waals surface area (Å²) in [7, 11) is 0. The van der Waals surface area contributed by atoms with Crippen molar-refractivity contribution in [2.45, 2.75) is 19.0 Å². The quantitative estimate of drug-likeness (QED) is 0.725. The van der Waals surface area contributed by atoms with Crippen LogP contribution < -0.4 is 11.0 Å². The van der Waals surface area contributed by atoms with Crippen molar-refractivity contribution in [2.24, 2.45) is 0 Å². The average Bonchev–Trinajstić information content (AvgIpc) is 2.98. The van der Waals surface area contributed by atoms with Crippen LogP contribution in [-0.2, 0) is 6.54 Å². The molecule has 0 bridgehead atoms. The molecule has 5 nitrogen and oxygen atoms in total. The molecule has 1 aliphatic heterocycles. The lowest BCUT2D eigenvalue weighted by atomic mass is 10.0. The summed E-state index contributed by atoms with van der Waals surface area (Å²) in [5.41, 5.74) is 3.01. The molecule has 4 rings (SSSR count). The van der Waals surface area contributed by atoms with Gasteiger partial charge in [-0.2, -0.15) is 0 Å². The first-order valence-corrected chi connectivity index (χ1v) is 9.48. The molecule has 2 heterocycles. The molecule has 0 spiro atoms. The topological polar surface area (TPSA) is 53.1 Å². The number of halogens is 1. The molecule has 136 valence electrons. The molecule has 1 saturated heterocycles. The Morgan fingerprint density at radius 3 is 2.77 bits per heavy atom. The van der Waals surface area contributed by atoms with Gasteiger partial charge in [0.05, 0.1) is 11.0 Å². The number of rotatable bonds is 5. The lowest BCUT2D eigenvalue weighted by Gasteiger charge is -2.34. The van der Waals surface area contributed by atoms with Gasteiger partial charge in [-0.05, 0) is 36.7 Å². The van der Waals surface area contributed by atoms with Crippen LogP contribution in [-0.4, -0.2) is 40.6 Å². The fraction of sp³-hybridized carbons (Fsp3) is 0.350. The second-order valence-electron chi connectivity index (χ2n) is 6.78. The summed E-state index contributed by atoms with van der Waals surface area (Å²) in [5.74, 6) is 0. The van der Waals surface area contributed by atoms with E-state index in [9.17, 15) is 4.79 Å². The number of benzene rings is 2. The van der Waals surface area contributed by atoms with Gasteiger partial charge >= 0.3 is 5.69 Å². The Labute approximate surface area is 157 Å². The van der Waals surface area contributed by atoms with Gasteiger partial charge in [-0.1, -0.05) is 41.9 Å². The highest BCUT2D eigenvalue weighted by atomic mass is 35.5. The molecule has 0 amide bonds. The SMILES string of the molecule is O=c1[nH]c2ccccc2n1CCCN1CCNC(c2ccccc2Cl)C1. The number of H-pyrrole nitrogens is 1. The van der Waals surface area contributed by atoms with E-state index in [-0.39, 0.29) is 11.7 Å². The largest absolute Gasteiger partial charge is 0.326 e. The monoisotopic (exact) mass is 370 g/mol. The molecule has 2 aromatic carbocycles. The third-order valence-corrected chi connectivity index (χ3v) is 5.42. The second-order valence-corrected chi connectivity index (χ2v) is 7.19. The summed E-state index contributed by atoms with van der Waals surface area (Å²) in [5, 5.41) is 4.37. The number of nitrogens with zero attached hydrogens (tertiary/aromatic N) is 2. The van der Waals surface area contributed by atoms with Crippen LogP contribution in [0.4, 0.5) is 0 Å². The van der Waals surface area contributed by atoms with Gasteiger partial charge in [-0.3, -0.25) is 4.57 Å². The highest BCUT2D eigenvalue weighted by Crippen LogP contribution is 2.25. The van der Waals surface area contributed by atoms with Gasteiger partial charge in [0.25, 0.3) is 0 Å². The first-order chi connectivity index (χ1) is 12.7. The molecule has 0 saturated carbocycles. The van der Waals surface area contributed by atoms with Gasteiger partial charge in [-0.15, -0.1) is 0 Å². The first kappa shape index (κ1) is 17.3. The maximum Gasteiger partial charge on any atom is 0.326 e. The Kier molecular flexibility index (Phi) is 5.11. The molecule has 1 atom stereocenters. The number of para-hydroxylation sites is 2. The van der Waals surface area contributed by atoms with Crippen LogP contribution in [0.15, 0.2) is 53.3 Å². The third-order valence-electron chi connectivity index (χ3n) is 5.08. The molecule has 6 heteroatoms. The Morgan fingerprint density at radius 1 is 1.08 bits per heavy atom. The zero-order chi connectivity index (χ0) is 17.9. The molecule has 2 N–H and O–H groups in total. The normalized spacial score (nSPS) is 18.4. The van der Waals surface area contributed by atoms with Crippen LogP contribution in [0.2, 0.25) is 5.02 Å². The minimum atomic E-state index is -0.0274. The summed E-state index contributed by atoms with van der Waals surface area (Å²) in [6, 6.07) is 16.1. The fourth-order valence-corrected chi connectivity index (χ4v) is 4.03. The van der Waals surface area contributed by atoms with Crippen molar-refractivity contribution in [3.63, 3.8) is 0 Å². The zero-order valence-electron chi connectivity index (χ0n) is 14.6. The van der Waals surface area contributed by atoms with Crippen molar-refractivity contribution >= 4 is 22.6 Å². The van der Waals surface area contributed by atoms with Crippen LogP contribution in [0.1, 0.15) is 18.0 Å². The van der Waals surface area contributed by atoms with E-state index >= 15 is 0 Å². The summed E-state index contributed by atoms with van der Waals surface area (Å²) < 4.78 is 1.84. The number of imidazole rings is 1. The number of hydrogen-bond acceptors (Lipinski definition) is 3. The van der Waals surface area contributed by atoms with Crippen molar-refractivity contribution in [3.05, 3.63) is 69.6 Å². The van der Waals surface area contributed by atoms with Gasteiger partial charge < -0.3 is 15.2 Å². The number of nitrogens with one attached hydrogen (secondary N) is 2. The molecule has 1 aromatic heterocycles. The molecular weight excluding hydrogens is 348 g/mol. The fourth-order valence-electron chi connectivity index (χ4n) is 3.76. The van der Waals surface area contributed by atoms with E-state index in [4.69, 9.17) is 11.6 Å². The van der Waals surface area contributed by atoms with E-state index in [1.165, 1.54) is 0 Å². The van der Waals surface area contributed by atoms with Crippen LogP contribution in [0.3, 0.4) is 0 Å². The Hall–Kier alpha value is -2.08. The Balaban J connectivity index is 1.38. The zero-order valence-corrected chi connectivity index (χ0v) is 15.4. The Bertz CT molecular complexity index is 948. The van der Waals surface area contributed by atoms with Gasteiger partial charge in [0.2, 0.25) is 0 Å². The minimum Gasteiger partial charge on any atom is -0.308 e. The predicted molar refractivity (Wildman–Crippen MR) is 106 cm³/mol. The molecular formula is C20H23ClN4O. The summed E-state index contributed by atoms with van der Waals surface area (Å²) in [4.78, 5) is 17.5. The molecule has 3 aromatic rings. The first-order valence-electron chi connectivity index (χ1n) is 9.10. The number of fused-ring (bicyclic) bond motifs is 1. The van der Waals surface area contributed by atoms with Crippen LogP contribution in [0.25, 0.3) is 11.0 Å². The maximum atomic E-state index is 12.2. The summed E-state index contributed by atoms with van der Waals surface area (Å²) >= 11 is 6.35. The van der Waals surface area contributed by atoms with E-state index in [2.05, 4.69) is 21.3 Å². The van der Waals surface area contributed by atoms with Gasteiger partial charge in [0.1, 0.15) is 0 Å². The van der Waals surface area contributed by atoms with E-state index in [0.717, 1.165) is 60.8 Å². The van der Waals surface area contributed by atoms with Crippen LogP contribution >= 0.6 is 11.6 Å². The number of hydrogen-bond donors (Lipinski definition) is 2. The molecule has 1 aliphatic rings. The van der Waals surface area contributed by atoms with E-state index < -0.39 is 0 Å². The minimum absolute atomic E-state index is 0.0274. The number of piperazine rings is 1. The van der Waals surface area contributed by atoms with Crippen molar-refractivity contribution < 1.29 is 0 Å². The molecule has 26 heavy (non-hydrogen) atoms. The lowest BCUT2D eigenvalue weighted by Crippen LogP contribution is -2.46. The van der Waals surface area contributed by atoms with Crippen molar-refractivity contribution in [1.82, 2.24) is 19.8 Å². The maximum absolute atomic E-state index is 12.2. The van der Waals surface area contributed by atoms with Gasteiger partial charge in [-0.25, -0.2) is 4.79 Å². The average molecular weight is 371 g/mol. The van der Waals surface area contributed by atoms with Gasteiger partial charge in [0, 0.05) is 37.2 Å². The number of aromatic nitrogens is 2. The van der Waals surface area contributed by atoms with Crippen molar-refractivity contribution in [2.75, 3.05) is 26.2 Å². The Morgan fingerprint density at radius 2 is 1.88 bits per heavy atom. The molecule has 0 radical (unpaired) electrons. The van der Waals surface area contributed by atoms with E-state index in [1.54, 1.807) is 0 Å². The van der Waals surface area contributed by atoms with E-state index in [0.29, 0.717) is 0 Å². The predicted octanol–water partition coefficient (Wildman–Crippen LogP) is 3.02. The smallest absolute Gasteiger partial charge is 0.308 e.